The standard InChI is InChI=1S/C28H33FN6O3S/c29-23-6-4-22(5-7-23)24-8-9-26(31-30-24)33-10-2-11-34(15-14-33)27(36)21-35(28(37)25-3-1-20-39-25)13-12-32-16-18-38-19-17-32/h1,3-9,20H,2,10-19,21H2. The molecule has 9 nitrogen and oxygen atoms in total. The minimum Gasteiger partial charge on any atom is -0.379 e. The molecule has 0 spiro atoms. The number of carbonyl (C=O) groups excluding carboxylic acids is 2. The fraction of sp³-hybridized carbons (Fsp3) is 0.429. The number of thiophene rings is 1. The van der Waals surface area contributed by atoms with Crippen molar-refractivity contribution in [1.29, 1.82) is 0 Å². The van der Waals surface area contributed by atoms with Crippen LogP contribution < -0.4 is 4.90 Å². The average molecular weight is 553 g/mol. The largest absolute Gasteiger partial charge is 0.379 e. The number of hydrogen-bond acceptors (Lipinski definition) is 8. The van der Waals surface area contributed by atoms with E-state index in [2.05, 4.69) is 20.0 Å². The number of halogens is 1. The zero-order chi connectivity index (χ0) is 27.0. The molecule has 39 heavy (non-hydrogen) atoms. The van der Waals surface area contributed by atoms with Crippen molar-refractivity contribution in [3.8, 4) is 11.3 Å². The third kappa shape index (κ3) is 7.17. The third-order valence-electron chi connectivity index (χ3n) is 7.10. The van der Waals surface area contributed by atoms with E-state index in [1.807, 2.05) is 34.5 Å². The van der Waals surface area contributed by atoms with Gasteiger partial charge in [-0.3, -0.25) is 14.5 Å². The topological polar surface area (TPSA) is 82.1 Å². The number of hydrogen-bond donors (Lipinski definition) is 0. The second-order valence-corrected chi connectivity index (χ2v) is 10.6. The molecule has 2 fully saturated rings. The second kappa shape index (κ2) is 13.1. The number of benzene rings is 1. The average Bonchev–Trinajstić information content (AvgIpc) is 3.40. The van der Waals surface area contributed by atoms with E-state index in [0.717, 1.165) is 37.4 Å². The highest BCUT2D eigenvalue weighted by atomic mass is 32.1. The summed E-state index contributed by atoms with van der Waals surface area (Å²) in [6.07, 6.45) is 0.791. The first-order chi connectivity index (χ1) is 19.1. The molecule has 4 heterocycles. The fourth-order valence-corrected chi connectivity index (χ4v) is 5.51. The van der Waals surface area contributed by atoms with Gasteiger partial charge >= 0.3 is 0 Å². The lowest BCUT2D eigenvalue weighted by molar-refractivity contribution is -0.131. The van der Waals surface area contributed by atoms with Crippen LogP contribution >= 0.6 is 11.3 Å². The van der Waals surface area contributed by atoms with Gasteiger partial charge in [0.2, 0.25) is 5.91 Å². The van der Waals surface area contributed by atoms with Gasteiger partial charge in [0.1, 0.15) is 12.4 Å². The molecule has 0 saturated carbocycles. The van der Waals surface area contributed by atoms with Crippen LogP contribution in [0.1, 0.15) is 16.1 Å². The summed E-state index contributed by atoms with van der Waals surface area (Å²) in [4.78, 5) is 35.2. The molecular weight excluding hydrogens is 519 g/mol. The monoisotopic (exact) mass is 552 g/mol. The van der Waals surface area contributed by atoms with Crippen molar-refractivity contribution in [1.82, 2.24) is 24.9 Å². The molecule has 206 valence electrons. The molecule has 0 unspecified atom stereocenters. The minimum atomic E-state index is -0.289. The lowest BCUT2D eigenvalue weighted by Crippen LogP contribution is -2.47. The minimum absolute atomic E-state index is 0.0403. The summed E-state index contributed by atoms with van der Waals surface area (Å²) in [6, 6.07) is 13.6. The van der Waals surface area contributed by atoms with Crippen LogP contribution in [0.4, 0.5) is 10.2 Å². The highest BCUT2D eigenvalue weighted by Crippen LogP contribution is 2.20. The normalized spacial score (nSPS) is 16.6. The molecule has 11 heteroatoms. The van der Waals surface area contributed by atoms with Crippen LogP contribution in [0.2, 0.25) is 0 Å². The number of nitrogens with zero attached hydrogens (tertiary/aromatic N) is 6. The van der Waals surface area contributed by atoms with Crippen molar-refractivity contribution in [3.05, 3.63) is 64.6 Å². The Bertz CT molecular complexity index is 1220. The molecule has 2 aliphatic heterocycles. The Morgan fingerprint density at radius 1 is 0.949 bits per heavy atom. The van der Waals surface area contributed by atoms with E-state index in [1.165, 1.54) is 23.5 Å². The molecule has 0 atom stereocenters. The summed E-state index contributed by atoms with van der Waals surface area (Å²) in [5, 5.41) is 10.6. The van der Waals surface area contributed by atoms with E-state index in [9.17, 15) is 14.0 Å². The van der Waals surface area contributed by atoms with Gasteiger partial charge in [-0.15, -0.1) is 21.5 Å². The van der Waals surface area contributed by atoms with E-state index < -0.39 is 0 Å². The molecule has 3 aromatic rings. The summed E-state index contributed by atoms with van der Waals surface area (Å²) in [5.41, 5.74) is 1.48. The summed E-state index contributed by atoms with van der Waals surface area (Å²) in [6.45, 7) is 6.90. The van der Waals surface area contributed by atoms with Crippen molar-refractivity contribution >= 4 is 29.0 Å². The molecule has 0 aliphatic carbocycles. The maximum atomic E-state index is 13.4. The lowest BCUT2D eigenvalue weighted by Gasteiger charge is -2.31. The first-order valence-electron chi connectivity index (χ1n) is 13.3. The number of rotatable bonds is 8. The van der Waals surface area contributed by atoms with Crippen molar-refractivity contribution in [2.45, 2.75) is 6.42 Å². The van der Waals surface area contributed by atoms with Gasteiger partial charge in [-0.2, -0.15) is 0 Å². The fourth-order valence-electron chi connectivity index (χ4n) is 4.82. The van der Waals surface area contributed by atoms with Crippen LogP contribution in [0.25, 0.3) is 11.3 Å². The Kier molecular flexibility index (Phi) is 9.12. The van der Waals surface area contributed by atoms with E-state index >= 15 is 0 Å². The number of amides is 2. The molecule has 5 rings (SSSR count). The van der Waals surface area contributed by atoms with Crippen molar-refractivity contribution in [2.24, 2.45) is 0 Å². The van der Waals surface area contributed by atoms with E-state index in [4.69, 9.17) is 4.74 Å². The molecule has 0 bridgehead atoms. The summed E-state index contributed by atoms with van der Waals surface area (Å²) in [5.74, 6) is 0.319. The lowest BCUT2D eigenvalue weighted by atomic mass is 10.1. The van der Waals surface area contributed by atoms with Crippen molar-refractivity contribution in [2.75, 3.05) is 77.0 Å². The first kappa shape index (κ1) is 27.2. The number of aromatic nitrogens is 2. The number of ether oxygens (including phenoxy) is 1. The molecule has 2 saturated heterocycles. The highest BCUT2D eigenvalue weighted by Gasteiger charge is 2.26. The van der Waals surface area contributed by atoms with E-state index in [-0.39, 0.29) is 24.2 Å². The molecule has 2 aromatic heterocycles. The third-order valence-corrected chi connectivity index (χ3v) is 7.96. The summed E-state index contributed by atoms with van der Waals surface area (Å²) in [7, 11) is 0. The van der Waals surface area contributed by atoms with Gasteiger partial charge in [0.15, 0.2) is 5.82 Å². The van der Waals surface area contributed by atoms with Crippen LogP contribution in [-0.4, -0.2) is 109 Å². The maximum absolute atomic E-state index is 13.4. The predicted molar refractivity (Wildman–Crippen MR) is 148 cm³/mol. The zero-order valence-corrected chi connectivity index (χ0v) is 22.7. The second-order valence-electron chi connectivity index (χ2n) is 9.66. The van der Waals surface area contributed by atoms with Crippen LogP contribution in [0.5, 0.6) is 0 Å². The Hall–Kier alpha value is -3.41. The van der Waals surface area contributed by atoms with Gasteiger partial charge in [-0.25, -0.2) is 4.39 Å². The molecule has 0 radical (unpaired) electrons. The van der Waals surface area contributed by atoms with Gasteiger partial charge in [-0.05, 0) is 54.3 Å². The molecule has 2 amide bonds. The zero-order valence-electron chi connectivity index (χ0n) is 21.9. The quantitative estimate of drug-likeness (QED) is 0.425. The van der Waals surface area contributed by atoms with Crippen molar-refractivity contribution < 1.29 is 18.7 Å². The summed E-state index contributed by atoms with van der Waals surface area (Å²) >= 11 is 1.40. The highest BCUT2D eigenvalue weighted by molar-refractivity contribution is 7.12. The van der Waals surface area contributed by atoms with Gasteiger partial charge < -0.3 is 19.4 Å². The Morgan fingerprint density at radius 3 is 2.49 bits per heavy atom. The number of anilines is 1. The van der Waals surface area contributed by atoms with E-state index in [1.54, 1.807) is 17.0 Å². The molecular formula is C28H33FN6O3S. The smallest absolute Gasteiger partial charge is 0.264 e. The summed E-state index contributed by atoms with van der Waals surface area (Å²) < 4.78 is 18.7. The van der Waals surface area contributed by atoms with Crippen molar-refractivity contribution in [3.63, 3.8) is 0 Å². The first-order valence-corrected chi connectivity index (χ1v) is 14.2. The maximum Gasteiger partial charge on any atom is 0.264 e. The number of carbonyl (C=O) groups is 2. The van der Waals surface area contributed by atoms with Gasteiger partial charge in [0.25, 0.3) is 5.91 Å². The van der Waals surface area contributed by atoms with Crippen LogP contribution in [0, 0.1) is 5.82 Å². The Labute approximate surface area is 231 Å². The Morgan fingerprint density at radius 2 is 1.77 bits per heavy atom. The van der Waals surface area contributed by atoms with Crippen LogP contribution in [0.15, 0.2) is 53.9 Å². The van der Waals surface area contributed by atoms with Gasteiger partial charge in [-0.1, -0.05) is 6.07 Å². The Balaban J connectivity index is 1.19. The van der Waals surface area contributed by atoms with E-state index in [0.29, 0.717) is 56.5 Å². The predicted octanol–water partition coefficient (Wildman–Crippen LogP) is 2.86. The molecule has 2 aliphatic rings. The SMILES string of the molecule is O=C(CN(CCN1CCOCC1)C(=O)c1cccs1)N1CCCN(c2ccc(-c3ccc(F)cc3)nn2)CC1. The number of morpholine rings is 1. The molecule has 1 aromatic carbocycles. The van der Waals surface area contributed by atoms with Gasteiger partial charge in [0, 0.05) is 57.9 Å². The van der Waals surface area contributed by atoms with Crippen LogP contribution in [0.3, 0.4) is 0 Å². The van der Waals surface area contributed by atoms with Crippen LogP contribution in [-0.2, 0) is 9.53 Å². The van der Waals surface area contributed by atoms with Gasteiger partial charge in [0.05, 0.1) is 23.8 Å². The molecule has 0 N–H and O–H groups in total.